The molecule has 1 rings (SSSR count). The Hall–Kier alpha value is -0.740. The Kier molecular flexibility index (Phi) is 3.99. The predicted octanol–water partition coefficient (Wildman–Crippen LogP) is 3.30. The van der Waals surface area contributed by atoms with Gasteiger partial charge in [0.15, 0.2) is 0 Å². The van der Waals surface area contributed by atoms with E-state index in [0.29, 0.717) is 20.8 Å². The highest BCUT2D eigenvalue weighted by Gasteiger charge is 2.19. The first kappa shape index (κ1) is 12.3. The monoisotopic (exact) mass is 292 g/mol. The van der Waals surface area contributed by atoms with E-state index in [4.69, 9.17) is 21.4 Å². The van der Waals surface area contributed by atoms with E-state index < -0.39 is 11.9 Å². The van der Waals surface area contributed by atoms with Crippen LogP contribution in [0.5, 0.6) is 5.75 Å². The van der Waals surface area contributed by atoms with E-state index in [0.717, 1.165) is 0 Å². The van der Waals surface area contributed by atoms with Crippen LogP contribution in [0.2, 0.25) is 5.02 Å². The van der Waals surface area contributed by atoms with Gasteiger partial charge < -0.3 is 9.84 Å². The van der Waals surface area contributed by atoms with E-state index in [9.17, 15) is 4.79 Å². The van der Waals surface area contributed by atoms with Gasteiger partial charge in [0, 0.05) is 16.1 Å². The van der Waals surface area contributed by atoms with Gasteiger partial charge >= 0.3 is 5.97 Å². The van der Waals surface area contributed by atoms with Crippen LogP contribution in [0.3, 0.4) is 0 Å². The van der Waals surface area contributed by atoms with Crippen LogP contribution in [0.15, 0.2) is 16.6 Å². The second-order valence-corrected chi connectivity index (χ2v) is 4.33. The van der Waals surface area contributed by atoms with Crippen LogP contribution in [-0.2, 0) is 4.79 Å². The average molecular weight is 294 g/mol. The number of ether oxygens (including phenoxy) is 1. The van der Waals surface area contributed by atoms with Crippen molar-refractivity contribution in [3.63, 3.8) is 0 Å². The molecule has 1 unspecified atom stereocenters. The molecule has 0 saturated heterocycles. The fraction of sp³-hybridized carbons (Fsp3) is 0.300. The Balaban J connectivity index is 3.27. The Labute approximate surface area is 101 Å². The molecule has 0 fully saturated rings. The molecule has 0 heterocycles. The zero-order valence-corrected chi connectivity index (χ0v) is 10.6. The fourth-order valence-corrected chi connectivity index (χ4v) is 1.71. The third kappa shape index (κ3) is 2.63. The minimum atomic E-state index is -0.900. The maximum absolute atomic E-state index is 10.9. The number of carbonyl (C=O) groups is 1. The lowest BCUT2D eigenvalue weighted by Crippen LogP contribution is -2.09. The predicted molar refractivity (Wildman–Crippen MR) is 61.8 cm³/mol. The summed E-state index contributed by atoms with van der Waals surface area (Å²) < 4.78 is 5.74. The molecule has 0 spiro atoms. The van der Waals surface area contributed by atoms with Gasteiger partial charge in [0.1, 0.15) is 5.75 Å². The highest BCUT2D eigenvalue weighted by Crippen LogP contribution is 2.34. The molecule has 0 aliphatic carbocycles. The minimum Gasteiger partial charge on any atom is -0.496 e. The molecule has 0 aliphatic rings. The lowest BCUT2D eigenvalue weighted by Gasteiger charge is -2.13. The van der Waals surface area contributed by atoms with Gasteiger partial charge in [0.25, 0.3) is 0 Å². The van der Waals surface area contributed by atoms with Crippen LogP contribution in [0, 0.1) is 0 Å². The number of carboxylic acid groups (broad SMARTS) is 1. The molecule has 3 nitrogen and oxygen atoms in total. The number of carboxylic acids is 1. The van der Waals surface area contributed by atoms with Crippen LogP contribution < -0.4 is 4.74 Å². The average Bonchev–Trinajstić information content (AvgIpc) is 2.20. The molecule has 0 bridgehead atoms. The van der Waals surface area contributed by atoms with E-state index >= 15 is 0 Å². The molecular formula is C10H10BrClO3. The molecule has 0 amide bonds. The van der Waals surface area contributed by atoms with Crippen LogP contribution in [0.4, 0.5) is 0 Å². The third-order valence-electron chi connectivity index (χ3n) is 2.11. The summed E-state index contributed by atoms with van der Waals surface area (Å²) in [5.74, 6) is -1.05. The van der Waals surface area contributed by atoms with Crippen LogP contribution in [0.1, 0.15) is 18.4 Å². The van der Waals surface area contributed by atoms with Gasteiger partial charge in [-0.15, -0.1) is 0 Å². The Bertz CT molecular complexity index is 392. The summed E-state index contributed by atoms with van der Waals surface area (Å²) >= 11 is 9.12. The van der Waals surface area contributed by atoms with Crippen molar-refractivity contribution >= 4 is 33.5 Å². The summed E-state index contributed by atoms with van der Waals surface area (Å²) in [6.45, 7) is 1.60. The number of aliphatic carboxylic acids is 1. The standard InChI is InChI=1S/C10H10BrClO3/c1-5(10(13)14)6-3-7(11)8(12)4-9(6)15-2/h3-5H,1-2H3,(H,13,14). The van der Waals surface area contributed by atoms with Gasteiger partial charge in [-0.3, -0.25) is 4.79 Å². The first-order chi connectivity index (χ1) is 6.97. The second kappa shape index (κ2) is 4.86. The fourth-order valence-electron chi connectivity index (χ4n) is 1.19. The quantitative estimate of drug-likeness (QED) is 0.930. The summed E-state index contributed by atoms with van der Waals surface area (Å²) in [5, 5.41) is 9.41. The van der Waals surface area contributed by atoms with Crippen LogP contribution >= 0.6 is 27.5 Å². The zero-order chi connectivity index (χ0) is 11.6. The van der Waals surface area contributed by atoms with Crippen LogP contribution in [0.25, 0.3) is 0 Å². The Morgan fingerprint density at radius 3 is 2.67 bits per heavy atom. The highest BCUT2D eigenvalue weighted by atomic mass is 79.9. The van der Waals surface area contributed by atoms with E-state index in [1.807, 2.05) is 0 Å². The van der Waals surface area contributed by atoms with Crippen molar-refractivity contribution < 1.29 is 14.6 Å². The first-order valence-corrected chi connectivity index (χ1v) is 5.40. The van der Waals surface area contributed by atoms with Gasteiger partial charge in [-0.2, -0.15) is 0 Å². The number of hydrogen-bond donors (Lipinski definition) is 1. The summed E-state index contributed by atoms with van der Waals surface area (Å²) in [6.07, 6.45) is 0. The molecule has 0 aromatic heterocycles. The number of halogens is 2. The molecule has 15 heavy (non-hydrogen) atoms. The zero-order valence-electron chi connectivity index (χ0n) is 8.25. The largest absolute Gasteiger partial charge is 0.496 e. The summed E-state index contributed by atoms with van der Waals surface area (Å²) in [6, 6.07) is 3.26. The normalized spacial score (nSPS) is 12.3. The molecule has 5 heteroatoms. The van der Waals surface area contributed by atoms with E-state index in [2.05, 4.69) is 15.9 Å². The number of benzene rings is 1. The molecule has 82 valence electrons. The van der Waals surface area contributed by atoms with Gasteiger partial charge in [-0.25, -0.2) is 0 Å². The SMILES string of the molecule is COc1cc(Cl)c(Br)cc1C(C)C(=O)O. The van der Waals surface area contributed by atoms with Gasteiger partial charge in [-0.1, -0.05) is 11.6 Å². The highest BCUT2D eigenvalue weighted by molar-refractivity contribution is 9.10. The van der Waals surface area contributed by atoms with E-state index in [1.54, 1.807) is 19.1 Å². The number of rotatable bonds is 3. The maximum Gasteiger partial charge on any atom is 0.310 e. The summed E-state index contributed by atoms with van der Waals surface area (Å²) in [4.78, 5) is 10.9. The molecular weight excluding hydrogens is 283 g/mol. The van der Waals surface area contributed by atoms with E-state index in [-0.39, 0.29) is 0 Å². The van der Waals surface area contributed by atoms with Crippen molar-refractivity contribution in [3.05, 3.63) is 27.2 Å². The van der Waals surface area contributed by atoms with E-state index in [1.165, 1.54) is 7.11 Å². The number of hydrogen-bond acceptors (Lipinski definition) is 2. The molecule has 1 aromatic carbocycles. The molecule has 0 aliphatic heterocycles. The molecule has 1 aromatic rings. The second-order valence-electron chi connectivity index (χ2n) is 3.07. The van der Waals surface area contributed by atoms with Gasteiger partial charge in [0.2, 0.25) is 0 Å². The smallest absolute Gasteiger partial charge is 0.310 e. The topological polar surface area (TPSA) is 46.5 Å². The first-order valence-electron chi connectivity index (χ1n) is 4.23. The summed E-state index contributed by atoms with van der Waals surface area (Å²) in [5.41, 5.74) is 0.598. The Morgan fingerprint density at radius 2 is 2.20 bits per heavy atom. The van der Waals surface area contributed by atoms with Gasteiger partial charge in [0.05, 0.1) is 18.1 Å². The lowest BCUT2D eigenvalue weighted by atomic mass is 10.0. The third-order valence-corrected chi connectivity index (χ3v) is 3.31. The molecule has 1 atom stereocenters. The van der Waals surface area contributed by atoms with Crippen molar-refractivity contribution in [3.8, 4) is 5.75 Å². The molecule has 0 saturated carbocycles. The van der Waals surface area contributed by atoms with Crippen molar-refractivity contribution in [1.29, 1.82) is 0 Å². The molecule has 0 radical (unpaired) electrons. The van der Waals surface area contributed by atoms with Gasteiger partial charge in [-0.05, 0) is 28.9 Å². The van der Waals surface area contributed by atoms with Crippen molar-refractivity contribution in [2.75, 3.05) is 7.11 Å². The van der Waals surface area contributed by atoms with Crippen molar-refractivity contribution in [2.45, 2.75) is 12.8 Å². The number of methoxy groups -OCH3 is 1. The minimum absolute atomic E-state index is 0.484. The Morgan fingerprint density at radius 1 is 1.60 bits per heavy atom. The van der Waals surface area contributed by atoms with Crippen LogP contribution in [-0.4, -0.2) is 18.2 Å². The van der Waals surface area contributed by atoms with Crippen molar-refractivity contribution in [2.24, 2.45) is 0 Å². The maximum atomic E-state index is 10.9. The van der Waals surface area contributed by atoms with Crippen molar-refractivity contribution in [1.82, 2.24) is 0 Å². The molecule has 1 N–H and O–H groups in total. The lowest BCUT2D eigenvalue weighted by molar-refractivity contribution is -0.138. The summed E-state index contributed by atoms with van der Waals surface area (Å²) in [7, 11) is 1.48.